The van der Waals surface area contributed by atoms with Gasteiger partial charge in [-0.25, -0.2) is 0 Å². The topological polar surface area (TPSA) is 17.1 Å². The minimum Gasteiger partial charge on any atom is -0.298 e. The molecule has 1 aromatic carbocycles. The van der Waals surface area contributed by atoms with E-state index in [1.165, 1.54) is 0 Å². The predicted octanol–water partition coefficient (Wildman–Crippen LogP) is 3.74. The molecule has 4 heteroatoms. The fraction of sp³-hybridized carbons (Fsp3) is 0.100. The van der Waals surface area contributed by atoms with E-state index in [2.05, 4.69) is 12.6 Å². The molecule has 0 amide bonds. The van der Waals surface area contributed by atoms with Gasteiger partial charge in [0.2, 0.25) is 0 Å². The first-order chi connectivity index (χ1) is 6.76. The van der Waals surface area contributed by atoms with Crippen LogP contribution < -0.4 is 0 Å². The number of halogens is 1. The third-order valence-corrected chi connectivity index (χ3v) is 3.92. The Balaban J connectivity index is 2.81. The summed E-state index contributed by atoms with van der Waals surface area (Å²) in [6.07, 6.45) is 0.865. The highest BCUT2D eigenvalue weighted by Gasteiger charge is 2.10. The maximum atomic E-state index is 10.9. The Kier molecular flexibility index (Phi) is 2.81. The molecule has 2 rings (SSSR count). The lowest BCUT2D eigenvalue weighted by molar-refractivity contribution is 0.112. The monoisotopic (exact) mass is 242 g/mol. The van der Waals surface area contributed by atoms with Gasteiger partial charge in [-0.1, -0.05) is 0 Å². The van der Waals surface area contributed by atoms with Crippen molar-refractivity contribution >= 4 is 51.9 Å². The van der Waals surface area contributed by atoms with E-state index in [1.54, 1.807) is 11.3 Å². The first kappa shape index (κ1) is 10.0. The van der Waals surface area contributed by atoms with Crippen molar-refractivity contribution in [3.05, 3.63) is 28.6 Å². The molecule has 0 unspecified atom stereocenters. The summed E-state index contributed by atoms with van der Waals surface area (Å²) in [6.45, 7) is 0. The number of aldehydes is 1. The minimum absolute atomic E-state index is 0.384. The fourth-order valence-corrected chi connectivity index (χ4v) is 2.90. The van der Waals surface area contributed by atoms with Crippen molar-refractivity contribution in [1.82, 2.24) is 0 Å². The van der Waals surface area contributed by atoms with Crippen LogP contribution in [0.4, 0.5) is 0 Å². The van der Waals surface area contributed by atoms with E-state index in [9.17, 15) is 4.79 Å². The molecule has 0 radical (unpaired) electrons. The minimum atomic E-state index is 0.384. The summed E-state index contributed by atoms with van der Waals surface area (Å²) < 4.78 is 1.08. The average Bonchev–Trinajstić information content (AvgIpc) is 2.54. The third kappa shape index (κ3) is 1.56. The van der Waals surface area contributed by atoms with Gasteiger partial charge in [0.05, 0.1) is 5.88 Å². The van der Waals surface area contributed by atoms with Gasteiger partial charge in [0.1, 0.15) is 0 Å². The molecule has 2 aromatic rings. The number of thiophene rings is 1. The predicted molar refractivity (Wildman–Crippen MR) is 64.0 cm³/mol. The van der Waals surface area contributed by atoms with E-state index in [0.29, 0.717) is 11.4 Å². The number of rotatable bonds is 2. The molecule has 72 valence electrons. The van der Waals surface area contributed by atoms with Gasteiger partial charge in [0.25, 0.3) is 0 Å². The van der Waals surface area contributed by atoms with Gasteiger partial charge in [-0.15, -0.1) is 35.6 Å². The zero-order valence-electron chi connectivity index (χ0n) is 7.16. The van der Waals surface area contributed by atoms with Crippen LogP contribution in [0.25, 0.3) is 10.1 Å². The molecule has 0 aliphatic carbocycles. The molecular formula is C10H7ClOS2. The van der Waals surface area contributed by atoms with Crippen LogP contribution in [0.1, 0.15) is 15.2 Å². The van der Waals surface area contributed by atoms with Crippen molar-refractivity contribution in [2.75, 3.05) is 0 Å². The molecule has 0 spiro atoms. The molecule has 0 bridgehead atoms. The second-order valence-electron chi connectivity index (χ2n) is 2.87. The van der Waals surface area contributed by atoms with Crippen molar-refractivity contribution in [3.63, 3.8) is 0 Å². The highest BCUT2D eigenvalue weighted by molar-refractivity contribution is 7.80. The molecule has 0 N–H and O–H groups in total. The van der Waals surface area contributed by atoms with Gasteiger partial charge < -0.3 is 0 Å². The molecule has 0 saturated carbocycles. The second kappa shape index (κ2) is 3.93. The number of carbonyl (C=O) groups excluding carboxylic acids is 1. The van der Waals surface area contributed by atoms with Crippen LogP contribution in [-0.2, 0) is 5.88 Å². The highest BCUT2D eigenvalue weighted by Crippen LogP contribution is 2.32. The standard InChI is InChI=1S/C10H7ClOS2/c11-4-10-8(5-12)7-3-6(13)1-2-9(7)14-10/h1-3,5,13H,4H2. The van der Waals surface area contributed by atoms with Gasteiger partial charge in [-0.3, -0.25) is 4.79 Å². The van der Waals surface area contributed by atoms with Gasteiger partial charge in [0, 0.05) is 25.4 Å². The lowest BCUT2D eigenvalue weighted by Crippen LogP contribution is -1.81. The first-order valence-corrected chi connectivity index (χ1v) is 5.81. The zero-order valence-corrected chi connectivity index (χ0v) is 9.63. The number of carbonyl (C=O) groups is 1. The summed E-state index contributed by atoms with van der Waals surface area (Å²) >= 11 is 11.6. The van der Waals surface area contributed by atoms with Crippen molar-refractivity contribution in [2.24, 2.45) is 0 Å². The largest absolute Gasteiger partial charge is 0.298 e. The molecule has 0 atom stereocenters. The van der Waals surface area contributed by atoms with Crippen molar-refractivity contribution in [2.45, 2.75) is 10.8 Å². The van der Waals surface area contributed by atoms with Crippen LogP contribution >= 0.6 is 35.6 Å². The van der Waals surface area contributed by atoms with Crippen LogP contribution in [0.2, 0.25) is 0 Å². The normalized spacial score (nSPS) is 10.7. The maximum absolute atomic E-state index is 10.9. The summed E-state index contributed by atoms with van der Waals surface area (Å²) in [5.74, 6) is 0.384. The highest BCUT2D eigenvalue weighted by atomic mass is 35.5. The van der Waals surface area contributed by atoms with Gasteiger partial charge in [0.15, 0.2) is 6.29 Å². The molecule has 0 aliphatic rings. The summed E-state index contributed by atoms with van der Waals surface area (Å²) in [4.78, 5) is 12.7. The molecule has 0 saturated heterocycles. The molecule has 0 aliphatic heterocycles. The number of thiol groups is 1. The maximum Gasteiger partial charge on any atom is 0.151 e. The molecule has 14 heavy (non-hydrogen) atoms. The number of alkyl halides is 1. The zero-order chi connectivity index (χ0) is 10.1. The second-order valence-corrected chi connectivity index (χ2v) is 4.79. The number of benzene rings is 1. The van der Waals surface area contributed by atoms with Crippen LogP contribution in [-0.4, -0.2) is 6.29 Å². The molecule has 1 nitrogen and oxygen atoms in total. The van der Waals surface area contributed by atoms with Crippen LogP contribution in [0, 0.1) is 0 Å². The third-order valence-electron chi connectivity index (χ3n) is 2.03. The van der Waals surface area contributed by atoms with Crippen molar-refractivity contribution in [3.8, 4) is 0 Å². The lowest BCUT2D eigenvalue weighted by Gasteiger charge is -1.92. The molecule has 1 aromatic heterocycles. The Hall–Kier alpha value is -0.510. The Morgan fingerprint density at radius 3 is 2.93 bits per heavy atom. The SMILES string of the molecule is O=Cc1c(CCl)sc2ccc(S)cc12. The van der Waals surface area contributed by atoms with E-state index < -0.39 is 0 Å². The summed E-state index contributed by atoms with van der Waals surface area (Å²) in [6, 6.07) is 5.77. The number of hydrogen-bond acceptors (Lipinski definition) is 3. The smallest absolute Gasteiger partial charge is 0.151 e. The van der Waals surface area contributed by atoms with Gasteiger partial charge in [-0.05, 0) is 18.2 Å². The van der Waals surface area contributed by atoms with E-state index in [-0.39, 0.29) is 0 Å². The van der Waals surface area contributed by atoms with E-state index in [1.807, 2.05) is 18.2 Å². The Bertz CT molecular complexity index is 490. The first-order valence-electron chi connectivity index (χ1n) is 4.02. The van der Waals surface area contributed by atoms with Gasteiger partial charge in [-0.2, -0.15) is 0 Å². The van der Waals surface area contributed by atoms with Gasteiger partial charge >= 0.3 is 0 Å². The summed E-state index contributed by atoms with van der Waals surface area (Å²) in [7, 11) is 0. The average molecular weight is 243 g/mol. The number of fused-ring (bicyclic) bond motifs is 1. The Morgan fingerprint density at radius 2 is 2.29 bits per heavy atom. The van der Waals surface area contributed by atoms with E-state index in [4.69, 9.17) is 11.6 Å². The summed E-state index contributed by atoms with van der Waals surface area (Å²) in [5, 5.41) is 0.952. The van der Waals surface area contributed by atoms with E-state index in [0.717, 1.165) is 26.1 Å². The molecular weight excluding hydrogens is 236 g/mol. The number of hydrogen-bond donors (Lipinski definition) is 1. The molecule has 1 heterocycles. The van der Waals surface area contributed by atoms with Crippen molar-refractivity contribution in [1.29, 1.82) is 0 Å². The lowest BCUT2D eigenvalue weighted by atomic mass is 10.1. The Morgan fingerprint density at radius 1 is 1.50 bits per heavy atom. The molecule has 0 fully saturated rings. The van der Waals surface area contributed by atoms with Crippen LogP contribution in [0.15, 0.2) is 23.1 Å². The fourth-order valence-electron chi connectivity index (χ4n) is 1.38. The Labute approximate surface area is 96.1 Å². The van der Waals surface area contributed by atoms with Crippen LogP contribution in [0.3, 0.4) is 0 Å². The van der Waals surface area contributed by atoms with Crippen LogP contribution in [0.5, 0.6) is 0 Å². The summed E-state index contributed by atoms with van der Waals surface area (Å²) in [5.41, 5.74) is 0.705. The van der Waals surface area contributed by atoms with Crippen molar-refractivity contribution < 1.29 is 4.79 Å². The quantitative estimate of drug-likeness (QED) is 0.482. The van der Waals surface area contributed by atoms with E-state index >= 15 is 0 Å².